The van der Waals surface area contributed by atoms with E-state index in [0.717, 1.165) is 49.3 Å². The number of benzene rings is 1. The van der Waals surface area contributed by atoms with E-state index in [1.807, 2.05) is 30.3 Å². The van der Waals surface area contributed by atoms with E-state index in [1.165, 1.54) is 0 Å². The van der Waals surface area contributed by atoms with Crippen molar-refractivity contribution in [2.24, 2.45) is 0 Å². The Morgan fingerprint density at radius 1 is 1.15 bits per heavy atom. The number of carbonyl (C=O) groups is 1. The van der Waals surface area contributed by atoms with E-state index in [9.17, 15) is 13.2 Å². The van der Waals surface area contributed by atoms with Crippen LogP contribution in [-0.2, 0) is 22.8 Å². The number of rotatable bonds is 3. The van der Waals surface area contributed by atoms with Crippen LogP contribution >= 0.6 is 0 Å². The van der Waals surface area contributed by atoms with E-state index in [4.69, 9.17) is 0 Å². The van der Waals surface area contributed by atoms with Gasteiger partial charge in [0.15, 0.2) is 9.84 Å². The van der Waals surface area contributed by atoms with Crippen LogP contribution in [0.25, 0.3) is 11.4 Å². The van der Waals surface area contributed by atoms with Crippen LogP contribution in [0.4, 0.5) is 0 Å². The highest BCUT2D eigenvalue weighted by Crippen LogP contribution is 2.27. The normalized spacial score (nSPS) is 21.8. The first-order valence-electron chi connectivity index (χ1n) is 9.19. The average Bonchev–Trinajstić information content (AvgIpc) is 3.05. The molecule has 4 rings (SSSR count). The molecule has 138 valence electrons. The number of sulfone groups is 1. The summed E-state index contributed by atoms with van der Waals surface area (Å²) < 4.78 is 25.5. The molecule has 0 spiro atoms. The molecule has 1 N–H and O–H groups in total. The summed E-state index contributed by atoms with van der Waals surface area (Å²) >= 11 is 0. The Labute approximate surface area is 153 Å². The molecule has 2 aliphatic heterocycles. The van der Waals surface area contributed by atoms with Crippen LogP contribution in [0.5, 0.6) is 0 Å². The number of imidazole rings is 1. The van der Waals surface area contributed by atoms with Crippen molar-refractivity contribution in [1.82, 2.24) is 14.9 Å². The summed E-state index contributed by atoms with van der Waals surface area (Å²) in [5.74, 6) is 0.751. The van der Waals surface area contributed by atoms with Crippen molar-refractivity contribution in [2.45, 2.75) is 44.7 Å². The number of fused-ring (bicyclic) bond motifs is 1. The second kappa shape index (κ2) is 6.87. The molecule has 1 aromatic carbocycles. The van der Waals surface area contributed by atoms with Gasteiger partial charge in [-0.15, -0.1) is 0 Å². The molecule has 1 aromatic heterocycles. The number of carbonyl (C=O) groups excluding carboxylic acids is 1. The van der Waals surface area contributed by atoms with E-state index in [-0.39, 0.29) is 23.5 Å². The van der Waals surface area contributed by atoms with Crippen LogP contribution in [0.3, 0.4) is 0 Å². The summed E-state index contributed by atoms with van der Waals surface area (Å²) in [5.41, 5.74) is 2.42. The van der Waals surface area contributed by atoms with Crippen LogP contribution in [0.2, 0.25) is 0 Å². The number of aromatic nitrogens is 2. The van der Waals surface area contributed by atoms with Crippen molar-refractivity contribution >= 4 is 15.7 Å². The van der Waals surface area contributed by atoms with Crippen molar-refractivity contribution in [1.29, 1.82) is 0 Å². The molecule has 1 amide bonds. The van der Waals surface area contributed by atoms with Crippen LogP contribution in [0.1, 0.15) is 41.9 Å². The van der Waals surface area contributed by atoms with Gasteiger partial charge in [0.1, 0.15) is 11.5 Å². The lowest BCUT2D eigenvalue weighted by atomic mass is 10.1. The fourth-order valence-corrected chi connectivity index (χ4v) is 5.55. The Morgan fingerprint density at radius 2 is 1.96 bits per heavy atom. The number of hydrogen-bond donors (Lipinski definition) is 1. The highest BCUT2D eigenvalue weighted by atomic mass is 32.2. The van der Waals surface area contributed by atoms with E-state index in [2.05, 4.69) is 14.9 Å². The zero-order valence-electron chi connectivity index (χ0n) is 14.6. The highest BCUT2D eigenvalue weighted by molar-refractivity contribution is 7.91. The molecule has 26 heavy (non-hydrogen) atoms. The second-order valence-corrected chi connectivity index (χ2v) is 9.36. The molecule has 0 saturated carbocycles. The van der Waals surface area contributed by atoms with E-state index >= 15 is 0 Å². The molecular formula is C19H23N3O3S. The molecule has 0 radical (unpaired) electrons. The zero-order valence-corrected chi connectivity index (χ0v) is 15.5. The lowest BCUT2D eigenvalue weighted by molar-refractivity contribution is 0.0935. The molecule has 1 atom stereocenters. The van der Waals surface area contributed by atoms with Gasteiger partial charge in [-0.1, -0.05) is 36.8 Å². The van der Waals surface area contributed by atoms with Crippen LogP contribution < -0.4 is 5.32 Å². The van der Waals surface area contributed by atoms with E-state index in [0.29, 0.717) is 12.1 Å². The predicted octanol–water partition coefficient (Wildman–Crippen LogP) is 2.19. The van der Waals surface area contributed by atoms with Gasteiger partial charge in [0, 0.05) is 18.2 Å². The summed E-state index contributed by atoms with van der Waals surface area (Å²) in [5, 5.41) is 2.89. The Balaban J connectivity index is 1.67. The van der Waals surface area contributed by atoms with Crippen LogP contribution in [-0.4, -0.2) is 41.4 Å². The monoisotopic (exact) mass is 373 g/mol. The largest absolute Gasteiger partial charge is 0.347 e. The quantitative estimate of drug-likeness (QED) is 0.894. The zero-order chi connectivity index (χ0) is 18.1. The van der Waals surface area contributed by atoms with E-state index in [1.54, 1.807) is 0 Å². The Kier molecular flexibility index (Phi) is 4.56. The maximum absolute atomic E-state index is 12.9. The molecule has 1 saturated heterocycles. The molecule has 2 aromatic rings. The van der Waals surface area contributed by atoms with Gasteiger partial charge in [0.25, 0.3) is 5.91 Å². The van der Waals surface area contributed by atoms with Crippen molar-refractivity contribution in [3.8, 4) is 11.4 Å². The smallest absolute Gasteiger partial charge is 0.272 e. The van der Waals surface area contributed by atoms with Crippen molar-refractivity contribution in [2.75, 3.05) is 11.5 Å². The fourth-order valence-electron chi connectivity index (χ4n) is 3.87. The first kappa shape index (κ1) is 17.3. The minimum absolute atomic E-state index is 0.0281. The maximum Gasteiger partial charge on any atom is 0.272 e. The number of amides is 1. The Morgan fingerprint density at radius 3 is 2.69 bits per heavy atom. The minimum Gasteiger partial charge on any atom is -0.347 e. The summed E-state index contributed by atoms with van der Waals surface area (Å²) in [6, 6.07) is 9.60. The third kappa shape index (κ3) is 3.40. The van der Waals surface area contributed by atoms with Crippen molar-refractivity contribution in [3.05, 3.63) is 41.7 Å². The number of nitrogens with zero attached hydrogens (tertiary/aromatic N) is 2. The lowest BCUT2D eigenvalue weighted by Crippen LogP contribution is -2.36. The average molecular weight is 373 g/mol. The van der Waals surface area contributed by atoms with Gasteiger partial charge < -0.3 is 9.88 Å². The van der Waals surface area contributed by atoms with Gasteiger partial charge in [-0.05, 0) is 25.7 Å². The third-order valence-corrected chi connectivity index (χ3v) is 6.95. The maximum atomic E-state index is 12.9. The van der Waals surface area contributed by atoms with Gasteiger partial charge in [-0.3, -0.25) is 4.79 Å². The molecule has 3 heterocycles. The SMILES string of the molecule is O=C(N[C@H]1CCS(=O)(=O)C1)c1nc(-c2ccccc2)n2c1CCCCC2. The van der Waals surface area contributed by atoms with Gasteiger partial charge in [0.2, 0.25) is 0 Å². The minimum atomic E-state index is -3.02. The molecule has 6 nitrogen and oxygen atoms in total. The molecule has 7 heteroatoms. The molecule has 2 aliphatic rings. The van der Waals surface area contributed by atoms with Gasteiger partial charge in [-0.2, -0.15) is 0 Å². The molecule has 0 bridgehead atoms. The molecule has 0 aliphatic carbocycles. The topological polar surface area (TPSA) is 81.1 Å². The van der Waals surface area contributed by atoms with Crippen LogP contribution in [0, 0.1) is 0 Å². The summed E-state index contributed by atoms with van der Waals surface area (Å²) in [6.07, 6.45) is 4.56. The van der Waals surface area contributed by atoms with Crippen molar-refractivity contribution in [3.63, 3.8) is 0 Å². The Bertz CT molecular complexity index is 919. The van der Waals surface area contributed by atoms with Gasteiger partial charge in [0.05, 0.1) is 17.2 Å². The molecular weight excluding hydrogens is 350 g/mol. The molecule has 0 unspecified atom stereocenters. The van der Waals surface area contributed by atoms with E-state index < -0.39 is 9.84 Å². The standard InChI is InChI=1S/C19H23N3O3S/c23-19(20-15-10-12-26(24,25)13-15)17-16-9-5-2-6-11-22(16)18(21-17)14-7-3-1-4-8-14/h1,3-4,7-8,15H,2,5-6,9-13H2,(H,20,23)/t15-/m0/s1. The molecule has 1 fully saturated rings. The first-order chi connectivity index (χ1) is 12.5. The summed E-state index contributed by atoms with van der Waals surface area (Å²) in [7, 11) is -3.02. The number of hydrogen-bond acceptors (Lipinski definition) is 4. The second-order valence-electron chi connectivity index (χ2n) is 7.13. The predicted molar refractivity (Wildman–Crippen MR) is 99.7 cm³/mol. The van der Waals surface area contributed by atoms with Crippen LogP contribution in [0.15, 0.2) is 30.3 Å². The highest BCUT2D eigenvalue weighted by Gasteiger charge is 2.31. The summed E-state index contributed by atoms with van der Waals surface area (Å²) in [6.45, 7) is 0.859. The Hall–Kier alpha value is -2.15. The lowest BCUT2D eigenvalue weighted by Gasteiger charge is -2.11. The first-order valence-corrected chi connectivity index (χ1v) is 11.0. The van der Waals surface area contributed by atoms with Gasteiger partial charge in [-0.25, -0.2) is 13.4 Å². The summed E-state index contributed by atoms with van der Waals surface area (Å²) in [4.78, 5) is 17.5. The fraction of sp³-hybridized carbons (Fsp3) is 0.474. The number of nitrogens with one attached hydrogen (secondary N) is 1. The van der Waals surface area contributed by atoms with Crippen molar-refractivity contribution < 1.29 is 13.2 Å². The van der Waals surface area contributed by atoms with Gasteiger partial charge >= 0.3 is 0 Å². The third-order valence-electron chi connectivity index (χ3n) is 5.18.